The Kier molecular flexibility index (Phi) is 6.13. The van der Waals surface area contributed by atoms with Crippen molar-refractivity contribution < 1.29 is 8.42 Å². The molecule has 0 bridgehead atoms. The van der Waals surface area contributed by atoms with Gasteiger partial charge >= 0.3 is 0 Å². The molecule has 0 spiro atoms. The lowest BCUT2D eigenvalue weighted by Crippen LogP contribution is -2.33. The normalized spacial score (nSPS) is 13.8. The van der Waals surface area contributed by atoms with Gasteiger partial charge in [0.25, 0.3) is 0 Å². The molecule has 4 nitrogen and oxygen atoms in total. The van der Waals surface area contributed by atoms with E-state index in [1.165, 1.54) is 11.3 Å². The smallest absolute Gasteiger partial charge is 0.250 e. The van der Waals surface area contributed by atoms with Gasteiger partial charge in [-0.05, 0) is 31.2 Å². The van der Waals surface area contributed by atoms with Crippen LogP contribution in [0.5, 0.6) is 0 Å². The third-order valence-corrected chi connectivity index (χ3v) is 6.84. The summed E-state index contributed by atoms with van der Waals surface area (Å²) in [6.07, 6.45) is 0. The molecule has 0 fully saturated rings. The Hall–Kier alpha value is -0.0800. The average molecular weight is 308 g/mol. The molecule has 1 rings (SSSR count). The van der Waals surface area contributed by atoms with Crippen molar-refractivity contribution >= 4 is 33.1 Å². The van der Waals surface area contributed by atoms with E-state index in [9.17, 15) is 8.42 Å². The molecule has 1 heterocycles. The zero-order valence-corrected chi connectivity index (χ0v) is 13.3. The number of nitrogens with two attached hydrogens (primary N) is 1. The maximum absolute atomic E-state index is 12.1. The van der Waals surface area contributed by atoms with E-state index in [2.05, 4.69) is 11.6 Å². The highest BCUT2D eigenvalue weighted by atomic mass is 32.2. The maximum atomic E-state index is 12.1. The van der Waals surface area contributed by atoms with Crippen molar-refractivity contribution in [1.82, 2.24) is 4.72 Å². The molecule has 1 unspecified atom stereocenters. The fourth-order valence-corrected chi connectivity index (χ4v) is 4.98. The summed E-state index contributed by atoms with van der Waals surface area (Å²) < 4.78 is 27.3. The number of thiophene rings is 1. The standard InChI is InChI=1S/C11H20N2O2S3/c1-4-16-7-9(3)13-18(14,15)11-5-8(2)10(6-12)17-11/h5,9,13H,4,6-7,12H2,1-3H3. The number of sulfonamides is 1. The molecule has 7 heteroatoms. The summed E-state index contributed by atoms with van der Waals surface area (Å²) in [6.45, 7) is 6.20. The summed E-state index contributed by atoms with van der Waals surface area (Å²) in [6, 6.07) is 1.62. The first-order valence-corrected chi connectivity index (χ1v) is 9.25. The second-order valence-electron chi connectivity index (χ2n) is 4.06. The molecule has 0 aliphatic carbocycles. The van der Waals surface area contributed by atoms with Gasteiger partial charge in [0.2, 0.25) is 10.0 Å². The maximum Gasteiger partial charge on any atom is 0.250 e. The first-order valence-electron chi connectivity index (χ1n) is 5.80. The van der Waals surface area contributed by atoms with Gasteiger partial charge in [-0.25, -0.2) is 13.1 Å². The molecule has 0 amide bonds. The molecule has 0 saturated carbocycles. The summed E-state index contributed by atoms with van der Waals surface area (Å²) in [5, 5.41) is 0. The van der Waals surface area contributed by atoms with Gasteiger partial charge < -0.3 is 5.73 Å². The molecule has 0 saturated heterocycles. The molecular formula is C11H20N2O2S3. The fraction of sp³-hybridized carbons (Fsp3) is 0.636. The average Bonchev–Trinajstić information content (AvgIpc) is 2.68. The number of rotatable bonds is 7. The van der Waals surface area contributed by atoms with Crippen LogP contribution in [0.1, 0.15) is 24.3 Å². The SMILES string of the molecule is CCSCC(C)NS(=O)(=O)c1cc(C)c(CN)s1. The lowest BCUT2D eigenvalue weighted by atomic mass is 10.3. The minimum Gasteiger partial charge on any atom is -0.326 e. The van der Waals surface area contributed by atoms with Crippen LogP contribution < -0.4 is 10.5 Å². The highest BCUT2D eigenvalue weighted by molar-refractivity contribution is 7.99. The van der Waals surface area contributed by atoms with Crippen molar-refractivity contribution in [3.05, 3.63) is 16.5 Å². The minimum atomic E-state index is -3.40. The van der Waals surface area contributed by atoms with E-state index in [0.29, 0.717) is 10.8 Å². The first-order chi connectivity index (χ1) is 8.40. The summed E-state index contributed by atoms with van der Waals surface area (Å²) in [4.78, 5) is 0.922. The topological polar surface area (TPSA) is 72.2 Å². The predicted molar refractivity (Wildman–Crippen MR) is 79.7 cm³/mol. The third-order valence-electron chi connectivity index (χ3n) is 2.38. The van der Waals surface area contributed by atoms with Crippen LogP contribution in [-0.2, 0) is 16.6 Å². The number of nitrogens with one attached hydrogen (secondary N) is 1. The van der Waals surface area contributed by atoms with Crippen LogP contribution in [0.3, 0.4) is 0 Å². The van der Waals surface area contributed by atoms with Crippen LogP contribution in [0.4, 0.5) is 0 Å². The van der Waals surface area contributed by atoms with E-state index in [1.54, 1.807) is 17.8 Å². The zero-order valence-electron chi connectivity index (χ0n) is 10.9. The van der Waals surface area contributed by atoms with Crippen LogP contribution in [0.25, 0.3) is 0 Å². The van der Waals surface area contributed by atoms with E-state index in [4.69, 9.17) is 5.73 Å². The molecule has 0 aliphatic heterocycles. The van der Waals surface area contributed by atoms with Gasteiger partial charge in [-0.2, -0.15) is 11.8 Å². The minimum absolute atomic E-state index is 0.0660. The lowest BCUT2D eigenvalue weighted by molar-refractivity contribution is 0.573. The van der Waals surface area contributed by atoms with Crippen LogP contribution >= 0.6 is 23.1 Å². The zero-order chi connectivity index (χ0) is 13.8. The Bertz CT molecular complexity index is 482. The summed E-state index contributed by atoms with van der Waals surface area (Å²) in [5.74, 6) is 1.77. The van der Waals surface area contributed by atoms with Crippen LogP contribution in [-0.4, -0.2) is 26.0 Å². The number of hydrogen-bond acceptors (Lipinski definition) is 5. The number of thioether (sulfide) groups is 1. The molecule has 18 heavy (non-hydrogen) atoms. The largest absolute Gasteiger partial charge is 0.326 e. The molecular weight excluding hydrogens is 288 g/mol. The van der Waals surface area contributed by atoms with Crippen LogP contribution in [0.2, 0.25) is 0 Å². The van der Waals surface area contributed by atoms with Crippen molar-refractivity contribution in [3.8, 4) is 0 Å². The van der Waals surface area contributed by atoms with Gasteiger partial charge in [0.1, 0.15) is 4.21 Å². The van der Waals surface area contributed by atoms with E-state index in [1.807, 2.05) is 13.8 Å². The van der Waals surface area contributed by atoms with Crippen molar-refractivity contribution in [2.75, 3.05) is 11.5 Å². The fourth-order valence-electron chi connectivity index (χ4n) is 1.48. The summed E-state index contributed by atoms with van der Waals surface area (Å²) in [5.41, 5.74) is 6.51. The molecule has 1 aromatic heterocycles. The second kappa shape index (κ2) is 6.91. The van der Waals surface area contributed by atoms with Gasteiger partial charge in [0.15, 0.2) is 0 Å². The van der Waals surface area contributed by atoms with E-state index in [0.717, 1.165) is 21.9 Å². The summed E-state index contributed by atoms with van der Waals surface area (Å²) >= 11 is 2.97. The molecule has 104 valence electrons. The van der Waals surface area contributed by atoms with Gasteiger partial charge in [-0.3, -0.25) is 0 Å². The summed E-state index contributed by atoms with van der Waals surface area (Å²) in [7, 11) is -3.40. The molecule has 0 aromatic carbocycles. The predicted octanol–water partition coefficient (Wildman–Crippen LogP) is 1.94. The van der Waals surface area contributed by atoms with Crippen LogP contribution in [0.15, 0.2) is 10.3 Å². The second-order valence-corrected chi connectivity index (χ2v) is 8.45. The van der Waals surface area contributed by atoms with Crippen molar-refractivity contribution in [2.24, 2.45) is 5.73 Å². The van der Waals surface area contributed by atoms with E-state index < -0.39 is 10.0 Å². The number of aryl methyl sites for hydroxylation is 1. The van der Waals surface area contributed by atoms with Crippen LogP contribution in [0, 0.1) is 6.92 Å². The molecule has 1 atom stereocenters. The highest BCUT2D eigenvalue weighted by Crippen LogP contribution is 2.25. The highest BCUT2D eigenvalue weighted by Gasteiger charge is 2.20. The molecule has 3 N–H and O–H groups in total. The molecule has 0 radical (unpaired) electrons. The van der Waals surface area contributed by atoms with Crippen molar-refractivity contribution in [1.29, 1.82) is 0 Å². The molecule has 1 aromatic rings. The quantitative estimate of drug-likeness (QED) is 0.807. The monoisotopic (exact) mass is 308 g/mol. The van der Waals surface area contributed by atoms with Gasteiger partial charge in [0.05, 0.1) is 0 Å². The van der Waals surface area contributed by atoms with Gasteiger partial charge in [0, 0.05) is 23.2 Å². The van der Waals surface area contributed by atoms with Crippen molar-refractivity contribution in [2.45, 2.75) is 37.6 Å². The van der Waals surface area contributed by atoms with Gasteiger partial charge in [-0.1, -0.05) is 6.92 Å². The Balaban J connectivity index is 2.79. The number of hydrogen-bond donors (Lipinski definition) is 2. The third kappa shape index (κ3) is 4.24. The Labute approximate surface area is 117 Å². The molecule has 0 aliphatic rings. The Morgan fingerprint density at radius 2 is 2.22 bits per heavy atom. The van der Waals surface area contributed by atoms with Crippen molar-refractivity contribution in [3.63, 3.8) is 0 Å². The Morgan fingerprint density at radius 3 is 2.72 bits per heavy atom. The Morgan fingerprint density at radius 1 is 1.56 bits per heavy atom. The van der Waals surface area contributed by atoms with E-state index >= 15 is 0 Å². The lowest BCUT2D eigenvalue weighted by Gasteiger charge is -2.12. The van der Waals surface area contributed by atoms with E-state index in [-0.39, 0.29) is 6.04 Å². The van der Waals surface area contributed by atoms with Gasteiger partial charge in [-0.15, -0.1) is 11.3 Å². The first kappa shape index (κ1) is 16.0.